The van der Waals surface area contributed by atoms with E-state index in [1.54, 1.807) is 13.0 Å². The number of aromatic amines is 2. The summed E-state index contributed by atoms with van der Waals surface area (Å²) in [6.45, 7) is 1.58. The molecule has 7 nitrogen and oxygen atoms in total. The van der Waals surface area contributed by atoms with Crippen molar-refractivity contribution in [2.24, 2.45) is 0 Å². The van der Waals surface area contributed by atoms with Crippen LogP contribution in [0, 0.1) is 12.7 Å². The molecular formula is C16H14FN3O4S. The lowest BCUT2D eigenvalue weighted by atomic mass is 10.1. The number of nitrogens with one attached hydrogen (secondary N) is 3. The molecule has 1 heterocycles. The van der Waals surface area contributed by atoms with Crippen LogP contribution < -0.4 is 15.8 Å². The molecule has 3 aromatic rings. The second-order valence-electron chi connectivity index (χ2n) is 5.52. The van der Waals surface area contributed by atoms with Crippen LogP contribution in [0.5, 0.6) is 0 Å². The summed E-state index contributed by atoms with van der Waals surface area (Å²) in [5.41, 5.74) is -0.127. The molecule has 0 saturated carbocycles. The highest BCUT2D eigenvalue weighted by Crippen LogP contribution is 2.15. The van der Waals surface area contributed by atoms with Crippen LogP contribution in [0.4, 0.5) is 4.39 Å². The Morgan fingerprint density at radius 3 is 2.36 bits per heavy atom. The summed E-state index contributed by atoms with van der Waals surface area (Å²) in [7, 11) is -3.85. The van der Waals surface area contributed by atoms with Crippen molar-refractivity contribution in [2.75, 3.05) is 0 Å². The molecule has 0 fully saturated rings. The summed E-state index contributed by atoms with van der Waals surface area (Å²) in [6.07, 6.45) is 0. The van der Waals surface area contributed by atoms with E-state index >= 15 is 0 Å². The molecule has 0 aliphatic carbocycles. The molecule has 0 saturated heterocycles. The number of sulfonamides is 1. The summed E-state index contributed by atoms with van der Waals surface area (Å²) in [5.74, 6) is -0.362. The van der Waals surface area contributed by atoms with Gasteiger partial charge in [0, 0.05) is 6.54 Å². The number of H-pyrrole nitrogens is 2. The number of fused-ring (bicyclic) bond motifs is 1. The Bertz CT molecular complexity index is 1180. The molecular weight excluding hydrogens is 349 g/mol. The molecule has 0 atom stereocenters. The van der Waals surface area contributed by atoms with Gasteiger partial charge in [-0.25, -0.2) is 17.5 Å². The molecule has 0 spiro atoms. The number of aromatic nitrogens is 2. The number of rotatable bonds is 4. The maximum Gasteiger partial charge on any atom is 0.314 e. The largest absolute Gasteiger partial charge is 0.316 e. The Hall–Kier alpha value is -2.78. The first-order chi connectivity index (χ1) is 11.8. The van der Waals surface area contributed by atoms with Gasteiger partial charge in [-0.15, -0.1) is 0 Å². The second kappa shape index (κ2) is 6.26. The van der Waals surface area contributed by atoms with Crippen molar-refractivity contribution in [3.05, 3.63) is 74.0 Å². The fourth-order valence-corrected chi connectivity index (χ4v) is 3.38. The van der Waals surface area contributed by atoms with Gasteiger partial charge in [-0.05, 0) is 42.3 Å². The summed E-state index contributed by atoms with van der Waals surface area (Å²) >= 11 is 0. The highest BCUT2D eigenvalue weighted by atomic mass is 32.2. The minimum absolute atomic E-state index is 0.0103. The average molecular weight is 363 g/mol. The fraction of sp³-hybridized carbons (Fsp3) is 0.125. The third-order valence-electron chi connectivity index (χ3n) is 3.69. The molecule has 25 heavy (non-hydrogen) atoms. The molecule has 0 unspecified atom stereocenters. The SMILES string of the molecule is Cc1cc(CNS(=O)(=O)c2ccc3[nH]c(=O)c(=O)[nH]c3c2)ccc1F. The summed E-state index contributed by atoms with van der Waals surface area (Å²) in [4.78, 5) is 27.3. The van der Waals surface area contributed by atoms with Gasteiger partial charge in [-0.3, -0.25) is 9.59 Å². The number of aryl methyl sites for hydroxylation is 1. The van der Waals surface area contributed by atoms with Gasteiger partial charge in [0.05, 0.1) is 15.9 Å². The van der Waals surface area contributed by atoms with Crippen LogP contribution in [0.2, 0.25) is 0 Å². The fourth-order valence-electron chi connectivity index (χ4n) is 2.34. The number of hydrogen-bond donors (Lipinski definition) is 3. The van der Waals surface area contributed by atoms with Crippen LogP contribution in [0.1, 0.15) is 11.1 Å². The van der Waals surface area contributed by atoms with E-state index in [4.69, 9.17) is 0 Å². The zero-order valence-electron chi connectivity index (χ0n) is 13.1. The highest BCUT2D eigenvalue weighted by Gasteiger charge is 2.15. The van der Waals surface area contributed by atoms with E-state index in [2.05, 4.69) is 14.7 Å². The number of benzene rings is 2. The van der Waals surface area contributed by atoms with Crippen molar-refractivity contribution in [3.8, 4) is 0 Å². The zero-order valence-corrected chi connectivity index (χ0v) is 13.9. The average Bonchev–Trinajstić information content (AvgIpc) is 2.56. The molecule has 3 N–H and O–H groups in total. The maximum atomic E-state index is 13.3. The van der Waals surface area contributed by atoms with Crippen molar-refractivity contribution in [1.29, 1.82) is 0 Å². The third-order valence-corrected chi connectivity index (χ3v) is 5.09. The Morgan fingerprint density at radius 1 is 1.00 bits per heavy atom. The molecule has 2 aromatic carbocycles. The van der Waals surface area contributed by atoms with E-state index in [9.17, 15) is 22.4 Å². The first kappa shape index (κ1) is 17.1. The molecule has 3 rings (SSSR count). The van der Waals surface area contributed by atoms with E-state index in [1.807, 2.05) is 0 Å². The van der Waals surface area contributed by atoms with Crippen LogP contribution in [0.25, 0.3) is 11.0 Å². The highest BCUT2D eigenvalue weighted by molar-refractivity contribution is 7.89. The van der Waals surface area contributed by atoms with E-state index in [0.717, 1.165) is 0 Å². The van der Waals surface area contributed by atoms with Gasteiger partial charge in [0.15, 0.2) is 0 Å². The standard InChI is InChI=1S/C16H14FN3O4S/c1-9-6-10(2-4-12(9)17)8-18-25(23,24)11-3-5-13-14(7-11)20-16(22)15(21)19-13/h2-7,18H,8H2,1H3,(H,19,21)(H,20,22). The predicted molar refractivity (Wildman–Crippen MR) is 90.4 cm³/mol. The van der Waals surface area contributed by atoms with Gasteiger partial charge in [0.2, 0.25) is 10.0 Å². The van der Waals surface area contributed by atoms with E-state index in [0.29, 0.717) is 16.6 Å². The van der Waals surface area contributed by atoms with Crippen LogP contribution in [0.15, 0.2) is 50.9 Å². The molecule has 0 bridgehead atoms. The smallest absolute Gasteiger partial charge is 0.314 e. The topological polar surface area (TPSA) is 112 Å². The second-order valence-corrected chi connectivity index (χ2v) is 7.29. The Labute approximate surface area is 141 Å². The molecule has 1 aromatic heterocycles. The number of halogens is 1. The van der Waals surface area contributed by atoms with Crippen LogP contribution >= 0.6 is 0 Å². The molecule has 0 aliphatic rings. The first-order valence-electron chi connectivity index (χ1n) is 7.27. The quantitative estimate of drug-likeness (QED) is 0.604. The molecule has 0 radical (unpaired) electrons. The first-order valence-corrected chi connectivity index (χ1v) is 8.76. The lowest BCUT2D eigenvalue weighted by Crippen LogP contribution is -2.29. The molecule has 9 heteroatoms. The van der Waals surface area contributed by atoms with Crippen molar-refractivity contribution < 1.29 is 12.8 Å². The summed E-state index contributed by atoms with van der Waals surface area (Å²) in [6, 6.07) is 8.28. The lowest BCUT2D eigenvalue weighted by Gasteiger charge is -2.08. The van der Waals surface area contributed by atoms with Gasteiger partial charge in [-0.1, -0.05) is 12.1 Å². The van der Waals surface area contributed by atoms with Gasteiger partial charge >= 0.3 is 11.1 Å². The van der Waals surface area contributed by atoms with Gasteiger partial charge < -0.3 is 9.97 Å². The van der Waals surface area contributed by atoms with Crippen molar-refractivity contribution in [3.63, 3.8) is 0 Å². The van der Waals surface area contributed by atoms with Crippen LogP contribution in [0.3, 0.4) is 0 Å². The number of hydrogen-bond acceptors (Lipinski definition) is 4. The predicted octanol–water partition coefficient (Wildman–Crippen LogP) is 1.14. The third kappa shape index (κ3) is 3.52. The van der Waals surface area contributed by atoms with Gasteiger partial charge in [0.1, 0.15) is 5.82 Å². The normalized spacial score (nSPS) is 11.8. The zero-order chi connectivity index (χ0) is 18.2. The van der Waals surface area contributed by atoms with Crippen molar-refractivity contribution in [1.82, 2.24) is 14.7 Å². The summed E-state index contributed by atoms with van der Waals surface area (Å²) in [5, 5.41) is 0. The van der Waals surface area contributed by atoms with Crippen molar-refractivity contribution in [2.45, 2.75) is 18.4 Å². The van der Waals surface area contributed by atoms with E-state index < -0.39 is 21.1 Å². The van der Waals surface area contributed by atoms with E-state index in [-0.39, 0.29) is 22.8 Å². The molecule has 130 valence electrons. The van der Waals surface area contributed by atoms with Gasteiger partial charge in [0.25, 0.3) is 0 Å². The Kier molecular flexibility index (Phi) is 4.27. The Balaban J connectivity index is 1.90. The van der Waals surface area contributed by atoms with Crippen LogP contribution in [-0.2, 0) is 16.6 Å². The maximum absolute atomic E-state index is 13.3. The molecule has 0 aliphatic heterocycles. The van der Waals surface area contributed by atoms with Crippen molar-refractivity contribution >= 4 is 21.1 Å². The minimum Gasteiger partial charge on any atom is -0.316 e. The summed E-state index contributed by atoms with van der Waals surface area (Å²) < 4.78 is 40.5. The van der Waals surface area contributed by atoms with Gasteiger partial charge in [-0.2, -0.15) is 0 Å². The molecule has 0 amide bonds. The lowest BCUT2D eigenvalue weighted by molar-refractivity contribution is 0.581. The minimum atomic E-state index is -3.85. The van der Waals surface area contributed by atoms with Crippen LogP contribution in [-0.4, -0.2) is 18.4 Å². The Morgan fingerprint density at radius 2 is 1.68 bits per heavy atom. The van der Waals surface area contributed by atoms with E-state index in [1.165, 1.54) is 30.3 Å². The monoisotopic (exact) mass is 363 g/mol.